The van der Waals surface area contributed by atoms with Crippen molar-refractivity contribution in [3.8, 4) is 28.4 Å². The van der Waals surface area contributed by atoms with E-state index in [2.05, 4.69) is 12.1 Å². The van der Waals surface area contributed by atoms with Crippen LogP contribution >= 0.6 is 0 Å². The molecule has 0 fully saturated rings. The summed E-state index contributed by atoms with van der Waals surface area (Å²) in [6, 6.07) is 22.3. The fraction of sp³-hybridized carbons (Fsp3) is 0.100. The van der Waals surface area contributed by atoms with Crippen LogP contribution in [0.15, 0.2) is 72.8 Å². The lowest BCUT2D eigenvalue weighted by molar-refractivity contribution is 0.303. The molecular weight excluding hydrogens is 288 g/mol. The summed E-state index contributed by atoms with van der Waals surface area (Å²) in [5.41, 5.74) is 3.34. The van der Waals surface area contributed by atoms with E-state index in [0.29, 0.717) is 12.4 Å². The topological polar surface area (TPSA) is 49.7 Å². The summed E-state index contributed by atoms with van der Waals surface area (Å²) in [5.74, 6) is 0.906. The van der Waals surface area contributed by atoms with Crippen molar-refractivity contribution in [2.45, 2.75) is 6.42 Å². The van der Waals surface area contributed by atoms with Crippen LogP contribution in [0.2, 0.25) is 0 Å². The van der Waals surface area contributed by atoms with Gasteiger partial charge in [0.15, 0.2) is 11.5 Å². The lowest BCUT2D eigenvalue weighted by Gasteiger charge is -2.11. The normalized spacial score (nSPS) is 10.4. The molecule has 0 radical (unpaired) electrons. The second-order valence-electron chi connectivity index (χ2n) is 5.27. The summed E-state index contributed by atoms with van der Waals surface area (Å²) in [4.78, 5) is 0. The number of phenolic OH excluding ortho intramolecular Hbond substituents is 2. The Morgan fingerprint density at radius 2 is 1.43 bits per heavy atom. The minimum absolute atomic E-state index is 0.152. The van der Waals surface area contributed by atoms with Gasteiger partial charge in [-0.05, 0) is 41.0 Å². The first-order valence-corrected chi connectivity index (χ1v) is 7.52. The number of ether oxygens (including phenoxy) is 1. The zero-order chi connectivity index (χ0) is 16.1. The van der Waals surface area contributed by atoms with Crippen molar-refractivity contribution >= 4 is 0 Å². The van der Waals surface area contributed by atoms with Crippen molar-refractivity contribution in [3.63, 3.8) is 0 Å². The largest absolute Gasteiger partial charge is 0.508 e. The van der Waals surface area contributed by atoms with E-state index >= 15 is 0 Å². The summed E-state index contributed by atoms with van der Waals surface area (Å²) in [6.45, 7) is 0.479. The standard InChI is InChI=1S/C20H18O3/c21-17-11-9-16(10-12-17)18-6-2-1-5-15(18)13-14-23-20-8-4-3-7-19(20)22/h1-12,21-22H,13-14H2. The van der Waals surface area contributed by atoms with Crippen molar-refractivity contribution in [1.82, 2.24) is 0 Å². The third-order valence-electron chi connectivity index (χ3n) is 3.69. The summed E-state index contributed by atoms with van der Waals surface area (Å²) in [6.07, 6.45) is 0.728. The molecule has 0 saturated heterocycles. The first kappa shape index (κ1) is 15.0. The van der Waals surface area contributed by atoms with Crippen molar-refractivity contribution in [2.75, 3.05) is 6.61 Å². The lowest BCUT2D eigenvalue weighted by atomic mass is 9.98. The first-order valence-electron chi connectivity index (χ1n) is 7.52. The van der Waals surface area contributed by atoms with Gasteiger partial charge in [-0.25, -0.2) is 0 Å². The van der Waals surface area contributed by atoms with E-state index in [9.17, 15) is 10.2 Å². The van der Waals surface area contributed by atoms with Crippen LogP contribution in [0.3, 0.4) is 0 Å². The van der Waals surface area contributed by atoms with Gasteiger partial charge in [0, 0.05) is 6.42 Å². The lowest BCUT2D eigenvalue weighted by Crippen LogP contribution is -2.02. The van der Waals surface area contributed by atoms with E-state index in [1.807, 2.05) is 30.3 Å². The minimum atomic E-state index is 0.152. The second kappa shape index (κ2) is 6.88. The van der Waals surface area contributed by atoms with Crippen LogP contribution in [0.1, 0.15) is 5.56 Å². The van der Waals surface area contributed by atoms with Crippen LogP contribution in [0.5, 0.6) is 17.2 Å². The van der Waals surface area contributed by atoms with Gasteiger partial charge in [-0.3, -0.25) is 0 Å². The molecule has 23 heavy (non-hydrogen) atoms. The van der Waals surface area contributed by atoms with Gasteiger partial charge in [-0.1, -0.05) is 48.5 Å². The van der Waals surface area contributed by atoms with Gasteiger partial charge in [0.1, 0.15) is 5.75 Å². The highest BCUT2D eigenvalue weighted by molar-refractivity contribution is 5.67. The SMILES string of the molecule is Oc1ccc(-c2ccccc2CCOc2ccccc2O)cc1. The van der Waals surface area contributed by atoms with E-state index < -0.39 is 0 Å². The zero-order valence-electron chi connectivity index (χ0n) is 12.6. The Morgan fingerprint density at radius 3 is 2.22 bits per heavy atom. The summed E-state index contributed by atoms with van der Waals surface area (Å²) in [5, 5.41) is 19.1. The molecule has 3 heteroatoms. The molecule has 0 aliphatic heterocycles. The number of phenols is 2. The molecule has 3 rings (SSSR count). The van der Waals surface area contributed by atoms with Crippen molar-refractivity contribution in [1.29, 1.82) is 0 Å². The Morgan fingerprint density at radius 1 is 0.739 bits per heavy atom. The highest BCUT2D eigenvalue weighted by Gasteiger charge is 2.06. The molecule has 3 nitrogen and oxygen atoms in total. The molecule has 0 aliphatic rings. The van der Waals surface area contributed by atoms with Gasteiger partial charge < -0.3 is 14.9 Å². The molecular formula is C20H18O3. The molecule has 0 saturated carbocycles. The Balaban J connectivity index is 1.73. The molecule has 0 atom stereocenters. The predicted octanol–water partition coefficient (Wildman–Crippen LogP) is 4.39. The molecule has 0 spiro atoms. The van der Waals surface area contributed by atoms with Gasteiger partial charge in [0.05, 0.1) is 6.61 Å². The molecule has 3 aromatic rings. The minimum Gasteiger partial charge on any atom is -0.508 e. The zero-order valence-corrected chi connectivity index (χ0v) is 12.6. The van der Waals surface area contributed by atoms with Crippen LogP contribution in [0.4, 0.5) is 0 Å². The smallest absolute Gasteiger partial charge is 0.160 e. The molecule has 116 valence electrons. The molecule has 3 aromatic carbocycles. The molecule has 0 aliphatic carbocycles. The molecule has 0 unspecified atom stereocenters. The van der Waals surface area contributed by atoms with Gasteiger partial charge in [-0.2, -0.15) is 0 Å². The highest BCUT2D eigenvalue weighted by Crippen LogP contribution is 2.27. The molecule has 0 heterocycles. The van der Waals surface area contributed by atoms with Crippen molar-refractivity contribution < 1.29 is 14.9 Å². The Hall–Kier alpha value is -2.94. The van der Waals surface area contributed by atoms with Crippen LogP contribution in [-0.2, 0) is 6.42 Å². The van der Waals surface area contributed by atoms with Crippen molar-refractivity contribution in [3.05, 3.63) is 78.4 Å². The third-order valence-corrected chi connectivity index (χ3v) is 3.69. The van der Waals surface area contributed by atoms with Crippen molar-refractivity contribution in [2.24, 2.45) is 0 Å². The number of aromatic hydroxyl groups is 2. The highest BCUT2D eigenvalue weighted by atomic mass is 16.5. The van der Waals surface area contributed by atoms with E-state index in [4.69, 9.17) is 4.74 Å². The maximum atomic E-state index is 9.72. The van der Waals surface area contributed by atoms with E-state index in [1.165, 1.54) is 0 Å². The van der Waals surface area contributed by atoms with Crippen LogP contribution in [0, 0.1) is 0 Å². The Bertz CT molecular complexity index is 779. The van der Waals surface area contributed by atoms with Crippen LogP contribution < -0.4 is 4.74 Å². The summed E-state index contributed by atoms with van der Waals surface area (Å²) in [7, 11) is 0. The second-order valence-corrected chi connectivity index (χ2v) is 5.27. The monoisotopic (exact) mass is 306 g/mol. The Kier molecular flexibility index (Phi) is 4.48. The summed E-state index contributed by atoms with van der Waals surface area (Å²) < 4.78 is 5.66. The maximum Gasteiger partial charge on any atom is 0.160 e. The average molecular weight is 306 g/mol. The van der Waals surface area contributed by atoms with E-state index in [0.717, 1.165) is 23.1 Å². The number of hydrogen-bond acceptors (Lipinski definition) is 3. The number of rotatable bonds is 5. The molecule has 2 N–H and O–H groups in total. The molecule has 0 amide bonds. The maximum absolute atomic E-state index is 9.72. The average Bonchev–Trinajstić information content (AvgIpc) is 2.58. The van der Waals surface area contributed by atoms with Gasteiger partial charge in [0.25, 0.3) is 0 Å². The van der Waals surface area contributed by atoms with Crippen LogP contribution in [0.25, 0.3) is 11.1 Å². The predicted molar refractivity (Wildman–Crippen MR) is 90.8 cm³/mol. The molecule has 0 aromatic heterocycles. The Labute approximate surface area is 135 Å². The number of hydrogen-bond donors (Lipinski definition) is 2. The van der Waals surface area contributed by atoms with E-state index in [-0.39, 0.29) is 11.5 Å². The van der Waals surface area contributed by atoms with Gasteiger partial charge in [0.2, 0.25) is 0 Å². The fourth-order valence-corrected chi connectivity index (χ4v) is 2.51. The number of benzene rings is 3. The third kappa shape index (κ3) is 3.64. The number of para-hydroxylation sites is 2. The van der Waals surface area contributed by atoms with Gasteiger partial charge >= 0.3 is 0 Å². The van der Waals surface area contributed by atoms with Crippen LogP contribution in [-0.4, -0.2) is 16.8 Å². The molecule has 0 bridgehead atoms. The fourth-order valence-electron chi connectivity index (χ4n) is 2.51. The summed E-state index contributed by atoms with van der Waals surface area (Å²) >= 11 is 0. The van der Waals surface area contributed by atoms with E-state index in [1.54, 1.807) is 30.3 Å². The first-order chi connectivity index (χ1) is 11.2. The van der Waals surface area contributed by atoms with Gasteiger partial charge in [-0.15, -0.1) is 0 Å². The quantitative estimate of drug-likeness (QED) is 0.735.